The molecule has 1 saturated heterocycles. The summed E-state index contributed by atoms with van der Waals surface area (Å²) >= 11 is 0. The van der Waals surface area contributed by atoms with E-state index in [1.807, 2.05) is 4.90 Å². The van der Waals surface area contributed by atoms with E-state index in [-0.39, 0.29) is 11.5 Å². The summed E-state index contributed by atoms with van der Waals surface area (Å²) in [6.07, 6.45) is 0.666. The van der Waals surface area contributed by atoms with Crippen LogP contribution in [0, 0.1) is 18.6 Å². The lowest BCUT2D eigenvalue weighted by molar-refractivity contribution is 0.508. The minimum absolute atomic E-state index is 0.154. The third-order valence-electron chi connectivity index (χ3n) is 3.38. The largest absolute Gasteiger partial charge is 0.408 e. The smallest absolute Gasteiger partial charge is 0.318 e. The Morgan fingerprint density at radius 2 is 2.00 bits per heavy atom. The summed E-state index contributed by atoms with van der Waals surface area (Å²) in [5, 5.41) is 7.68. The monoisotopic (exact) mass is 265 g/mol. The van der Waals surface area contributed by atoms with Crippen LogP contribution in [0.3, 0.4) is 0 Å². The molecule has 2 aromatic rings. The first-order chi connectivity index (χ1) is 9.15. The van der Waals surface area contributed by atoms with Crippen LogP contribution in [0.4, 0.5) is 14.8 Å². The van der Waals surface area contributed by atoms with Gasteiger partial charge in [0.2, 0.25) is 5.89 Å². The number of hydrogen-bond acceptors (Lipinski definition) is 4. The van der Waals surface area contributed by atoms with Crippen molar-refractivity contribution in [2.45, 2.75) is 19.3 Å². The van der Waals surface area contributed by atoms with E-state index in [9.17, 15) is 8.78 Å². The molecule has 1 aromatic carbocycles. The minimum atomic E-state index is -0.492. The molecule has 0 saturated carbocycles. The second-order valence-electron chi connectivity index (χ2n) is 4.67. The Labute approximate surface area is 109 Å². The zero-order chi connectivity index (χ0) is 13.4. The lowest BCUT2D eigenvalue weighted by Crippen LogP contribution is -2.20. The first-order valence-corrected chi connectivity index (χ1v) is 6.14. The van der Waals surface area contributed by atoms with Gasteiger partial charge in [0.25, 0.3) is 0 Å². The molecule has 1 aliphatic heterocycles. The molecule has 1 atom stereocenters. The molecule has 0 N–H and O–H groups in total. The Morgan fingerprint density at radius 3 is 2.63 bits per heavy atom. The third kappa shape index (κ3) is 2.18. The summed E-state index contributed by atoms with van der Waals surface area (Å²) in [6.45, 7) is 2.85. The average Bonchev–Trinajstić information content (AvgIpc) is 2.98. The van der Waals surface area contributed by atoms with E-state index in [4.69, 9.17) is 4.42 Å². The van der Waals surface area contributed by atoms with Crippen molar-refractivity contribution in [3.8, 4) is 0 Å². The molecule has 1 unspecified atom stereocenters. The third-order valence-corrected chi connectivity index (χ3v) is 3.38. The zero-order valence-electron chi connectivity index (χ0n) is 10.4. The van der Waals surface area contributed by atoms with Crippen molar-refractivity contribution in [1.82, 2.24) is 10.2 Å². The maximum atomic E-state index is 13.7. The Balaban J connectivity index is 1.82. The predicted octanol–water partition coefficient (Wildman–Crippen LogP) is 2.65. The van der Waals surface area contributed by atoms with E-state index < -0.39 is 11.6 Å². The molecule has 2 heterocycles. The summed E-state index contributed by atoms with van der Waals surface area (Å²) in [5.41, 5.74) is 0.154. The topological polar surface area (TPSA) is 42.2 Å². The maximum Gasteiger partial charge on any atom is 0.318 e. The Bertz CT molecular complexity index is 579. The number of nitrogens with zero attached hydrogens (tertiary/aromatic N) is 3. The Kier molecular flexibility index (Phi) is 2.93. The van der Waals surface area contributed by atoms with Crippen molar-refractivity contribution in [1.29, 1.82) is 0 Å². The first-order valence-electron chi connectivity index (χ1n) is 6.14. The minimum Gasteiger partial charge on any atom is -0.408 e. The van der Waals surface area contributed by atoms with Gasteiger partial charge in [0, 0.05) is 31.5 Å². The van der Waals surface area contributed by atoms with Crippen molar-refractivity contribution in [2.75, 3.05) is 18.0 Å². The molecule has 19 heavy (non-hydrogen) atoms. The molecular formula is C13H13F2N3O. The van der Waals surface area contributed by atoms with Crippen LogP contribution in [0.2, 0.25) is 0 Å². The van der Waals surface area contributed by atoms with Gasteiger partial charge in [-0.15, -0.1) is 5.10 Å². The Morgan fingerprint density at radius 1 is 1.26 bits per heavy atom. The van der Waals surface area contributed by atoms with Gasteiger partial charge in [0.1, 0.15) is 11.6 Å². The summed E-state index contributed by atoms with van der Waals surface area (Å²) < 4.78 is 32.8. The molecular weight excluding hydrogens is 252 g/mol. The van der Waals surface area contributed by atoms with Crippen molar-refractivity contribution in [3.05, 3.63) is 41.3 Å². The summed E-state index contributed by atoms with van der Waals surface area (Å²) in [6, 6.07) is 4.37. The van der Waals surface area contributed by atoms with Crippen LogP contribution < -0.4 is 4.90 Å². The number of benzene rings is 1. The molecule has 1 aromatic heterocycles. The number of anilines is 1. The highest BCUT2D eigenvalue weighted by Crippen LogP contribution is 2.32. The zero-order valence-corrected chi connectivity index (χ0v) is 10.4. The summed E-state index contributed by atoms with van der Waals surface area (Å²) in [5.74, 6) is -0.689. The van der Waals surface area contributed by atoms with Crippen LogP contribution in [0.15, 0.2) is 22.6 Å². The predicted molar refractivity (Wildman–Crippen MR) is 65.0 cm³/mol. The number of aryl methyl sites for hydroxylation is 1. The summed E-state index contributed by atoms with van der Waals surface area (Å²) in [4.78, 5) is 1.86. The molecule has 0 amide bonds. The molecule has 1 aliphatic rings. The van der Waals surface area contributed by atoms with Crippen molar-refractivity contribution >= 4 is 6.01 Å². The quantitative estimate of drug-likeness (QED) is 0.837. The average molecular weight is 265 g/mol. The van der Waals surface area contributed by atoms with Gasteiger partial charge in [-0.3, -0.25) is 0 Å². The van der Waals surface area contributed by atoms with Gasteiger partial charge in [-0.05, 0) is 18.6 Å². The van der Waals surface area contributed by atoms with Crippen LogP contribution in [-0.2, 0) is 0 Å². The molecule has 1 fully saturated rings. The van der Waals surface area contributed by atoms with Gasteiger partial charge in [-0.1, -0.05) is 11.2 Å². The number of aromatic nitrogens is 2. The van der Waals surface area contributed by atoms with Crippen molar-refractivity contribution < 1.29 is 13.2 Å². The van der Waals surface area contributed by atoms with Crippen LogP contribution in [0.25, 0.3) is 0 Å². The SMILES string of the molecule is Cc1nnc(N2CCC(c3c(F)cccc3F)C2)o1. The molecule has 3 rings (SSSR count). The molecule has 0 spiro atoms. The highest BCUT2D eigenvalue weighted by molar-refractivity contribution is 5.33. The van der Waals surface area contributed by atoms with Gasteiger partial charge in [-0.2, -0.15) is 0 Å². The number of rotatable bonds is 2. The highest BCUT2D eigenvalue weighted by Gasteiger charge is 2.30. The van der Waals surface area contributed by atoms with Crippen molar-refractivity contribution in [3.63, 3.8) is 0 Å². The summed E-state index contributed by atoms with van der Waals surface area (Å²) in [7, 11) is 0. The molecule has 4 nitrogen and oxygen atoms in total. The van der Waals surface area contributed by atoms with E-state index in [0.29, 0.717) is 31.4 Å². The lowest BCUT2D eigenvalue weighted by Gasteiger charge is -2.14. The first kappa shape index (κ1) is 12.1. The van der Waals surface area contributed by atoms with Gasteiger partial charge >= 0.3 is 6.01 Å². The molecule has 100 valence electrons. The van der Waals surface area contributed by atoms with Crippen LogP contribution in [0.5, 0.6) is 0 Å². The second-order valence-corrected chi connectivity index (χ2v) is 4.67. The second kappa shape index (κ2) is 4.60. The van der Waals surface area contributed by atoms with E-state index in [2.05, 4.69) is 10.2 Å². The van der Waals surface area contributed by atoms with E-state index >= 15 is 0 Å². The molecule has 0 bridgehead atoms. The van der Waals surface area contributed by atoms with E-state index in [1.54, 1.807) is 6.92 Å². The lowest BCUT2D eigenvalue weighted by atomic mass is 9.97. The highest BCUT2D eigenvalue weighted by atomic mass is 19.1. The fraction of sp³-hybridized carbons (Fsp3) is 0.385. The maximum absolute atomic E-state index is 13.7. The Hall–Kier alpha value is -1.98. The molecule has 0 aliphatic carbocycles. The molecule has 0 radical (unpaired) electrons. The standard InChI is InChI=1S/C13H13F2N3O/c1-8-16-17-13(19-8)18-6-5-9(7-18)12-10(14)3-2-4-11(12)15/h2-4,9H,5-7H2,1H3. The van der Waals surface area contributed by atoms with Crippen LogP contribution in [0.1, 0.15) is 23.8 Å². The number of halogens is 2. The van der Waals surface area contributed by atoms with Gasteiger partial charge < -0.3 is 9.32 Å². The van der Waals surface area contributed by atoms with Crippen LogP contribution >= 0.6 is 0 Å². The van der Waals surface area contributed by atoms with E-state index in [0.717, 1.165) is 0 Å². The van der Waals surface area contributed by atoms with E-state index in [1.165, 1.54) is 18.2 Å². The fourth-order valence-corrected chi connectivity index (χ4v) is 2.48. The fourth-order valence-electron chi connectivity index (χ4n) is 2.48. The van der Waals surface area contributed by atoms with Gasteiger partial charge in [-0.25, -0.2) is 8.78 Å². The van der Waals surface area contributed by atoms with Gasteiger partial charge in [0.15, 0.2) is 0 Å². The van der Waals surface area contributed by atoms with Crippen molar-refractivity contribution in [2.24, 2.45) is 0 Å². The number of hydrogen-bond donors (Lipinski definition) is 0. The van der Waals surface area contributed by atoms with Gasteiger partial charge in [0.05, 0.1) is 0 Å². The molecule has 6 heteroatoms. The van der Waals surface area contributed by atoms with Crippen LogP contribution in [-0.4, -0.2) is 23.3 Å². The normalized spacial score (nSPS) is 19.1.